The maximum absolute atomic E-state index is 11.9. The molecule has 1 N–H and O–H groups in total. The van der Waals surface area contributed by atoms with Crippen LogP contribution in [0.2, 0.25) is 0 Å². The van der Waals surface area contributed by atoms with E-state index < -0.39 is 5.97 Å². The van der Waals surface area contributed by atoms with Crippen molar-refractivity contribution in [3.63, 3.8) is 0 Å². The second kappa shape index (κ2) is 8.66. The number of para-hydroxylation sites is 1. The van der Waals surface area contributed by atoms with Gasteiger partial charge in [0.1, 0.15) is 12.4 Å². The summed E-state index contributed by atoms with van der Waals surface area (Å²) in [6.45, 7) is 2.43. The predicted molar refractivity (Wildman–Crippen MR) is 120 cm³/mol. The molecular formula is C27H22O3. The number of aromatic carboxylic acids is 1. The smallest absolute Gasteiger partial charge is 0.336 e. The summed E-state index contributed by atoms with van der Waals surface area (Å²) in [4.78, 5) is 11.9. The maximum atomic E-state index is 11.9. The number of carboxylic acid groups (broad SMARTS) is 1. The number of hydrogen-bond acceptors (Lipinski definition) is 2. The number of aryl methyl sites for hydroxylation is 1. The Morgan fingerprint density at radius 1 is 0.733 bits per heavy atom. The Balaban J connectivity index is 1.79. The first-order chi connectivity index (χ1) is 14.6. The summed E-state index contributed by atoms with van der Waals surface area (Å²) < 4.78 is 6.15. The molecule has 0 unspecified atom stereocenters. The van der Waals surface area contributed by atoms with E-state index in [9.17, 15) is 9.90 Å². The third-order valence-electron chi connectivity index (χ3n) is 5.04. The van der Waals surface area contributed by atoms with Crippen molar-refractivity contribution in [2.75, 3.05) is 0 Å². The molecule has 3 heteroatoms. The van der Waals surface area contributed by atoms with Crippen LogP contribution in [0.25, 0.3) is 22.3 Å². The van der Waals surface area contributed by atoms with E-state index >= 15 is 0 Å². The highest BCUT2D eigenvalue weighted by Crippen LogP contribution is 2.39. The Labute approximate surface area is 176 Å². The summed E-state index contributed by atoms with van der Waals surface area (Å²) in [7, 11) is 0. The lowest BCUT2D eigenvalue weighted by atomic mass is 9.90. The fraction of sp³-hybridized carbons (Fsp3) is 0.0741. The van der Waals surface area contributed by atoms with Crippen molar-refractivity contribution in [3.05, 3.63) is 114 Å². The van der Waals surface area contributed by atoms with Crippen LogP contribution in [0.4, 0.5) is 0 Å². The van der Waals surface area contributed by atoms with E-state index in [1.165, 1.54) is 0 Å². The van der Waals surface area contributed by atoms with E-state index in [-0.39, 0.29) is 5.56 Å². The fourth-order valence-corrected chi connectivity index (χ4v) is 3.57. The number of rotatable bonds is 6. The molecule has 0 fully saturated rings. The third-order valence-corrected chi connectivity index (χ3v) is 5.04. The largest absolute Gasteiger partial charge is 0.488 e. The number of benzene rings is 4. The molecule has 0 aliphatic carbocycles. The normalized spacial score (nSPS) is 10.6. The first-order valence-electron chi connectivity index (χ1n) is 9.83. The Morgan fingerprint density at radius 3 is 2.03 bits per heavy atom. The minimum atomic E-state index is -0.937. The number of carboxylic acids is 1. The van der Waals surface area contributed by atoms with Crippen molar-refractivity contribution in [1.29, 1.82) is 0 Å². The summed E-state index contributed by atoms with van der Waals surface area (Å²) in [5.41, 5.74) is 5.84. The number of hydrogen-bond donors (Lipinski definition) is 1. The molecule has 4 aromatic rings. The topological polar surface area (TPSA) is 46.5 Å². The van der Waals surface area contributed by atoms with E-state index in [0.717, 1.165) is 33.6 Å². The molecule has 0 aromatic heterocycles. The van der Waals surface area contributed by atoms with Gasteiger partial charge in [0, 0.05) is 5.56 Å². The SMILES string of the molecule is Cc1ccc(C(=O)O)c(-c2ccccc2-c2ccccc2OCc2ccccc2)c1. The lowest BCUT2D eigenvalue weighted by molar-refractivity contribution is 0.0697. The number of carbonyl (C=O) groups is 1. The van der Waals surface area contributed by atoms with E-state index in [2.05, 4.69) is 0 Å². The van der Waals surface area contributed by atoms with Gasteiger partial charge in [0.15, 0.2) is 0 Å². The van der Waals surface area contributed by atoms with Gasteiger partial charge in [-0.05, 0) is 41.3 Å². The molecule has 0 amide bonds. The zero-order chi connectivity index (χ0) is 20.9. The van der Waals surface area contributed by atoms with Crippen LogP contribution >= 0.6 is 0 Å². The highest BCUT2D eigenvalue weighted by atomic mass is 16.5. The molecule has 0 radical (unpaired) electrons. The van der Waals surface area contributed by atoms with Gasteiger partial charge in [0.05, 0.1) is 5.56 Å². The number of ether oxygens (including phenoxy) is 1. The zero-order valence-electron chi connectivity index (χ0n) is 16.7. The van der Waals surface area contributed by atoms with Gasteiger partial charge in [-0.3, -0.25) is 0 Å². The molecule has 0 aliphatic rings. The summed E-state index contributed by atoms with van der Waals surface area (Å²) in [5, 5.41) is 9.72. The first kappa shape index (κ1) is 19.5. The lowest BCUT2D eigenvalue weighted by Gasteiger charge is -2.16. The Kier molecular flexibility index (Phi) is 5.62. The molecular weight excluding hydrogens is 372 g/mol. The van der Waals surface area contributed by atoms with Gasteiger partial charge in [-0.25, -0.2) is 4.79 Å². The van der Waals surface area contributed by atoms with Crippen LogP contribution in [0.5, 0.6) is 5.75 Å². The maximum Gasteiger partial charge on any atom is 0.336 e. The summed E-state index contributed by atoms with van der Waals surface area (Å²) >= 11 is 0. The van der Waals surface area contributed by atoms with Crippen molar-refractivity contribution >= 4 is 5.97 Å². The van der Waals surface area contributed by atoms with Crippen molar-refractivity contribution in [2.24, 2.45) is 0 Å². The average molecular weight is 394 g/mol. The van der Waals surface area contributed by atoms with E-state index in [1.54, 1.807) is 6.07 Å². The molecule has 3 nitrogen and oxygen atoms in total. The van der Waals surface area contributed by atoms with E-state index in [4.69, 9.17) is 4.74 Å². The minimum Gasteiger partial charge on any atom is -0.488 e. The van der Waals surface area contributed by atoms with Crippen LogP contribution in [-0.2, 0) is 6.61 Å². The first-order valence-corrected chi connectivity index (χ1v) is 9.83. The van der Waals surface area contributed by atoms with Crippen LogP contribution in [0.3, 0.4) is 0 Å². The molecule has 148 valence electrons. The molecule has 0 heterocycles. The van der Waals surface area contributed by atoms with Gasteiger partial charge in [-0.15, -0.1) is 0 Å². The van der Waals surface area contributed by atoms with Gasteiger partial charge in [-0.1, -0.05) is 90.5 Å². The van der Waals surface area contributed by atoms with E-state index in [1.807, 2.05) is 97.9 Å². The zero-order valence-corrected chi connectivity index (χ0v) is 16.7. The molecule has 0 bridgehead atoms. The van der Waals surface area contributed by atoms with Crippen LogP contribution in [-0.4, -0.2) is 11.1 Å². The van der Waals surface area contributed by atoms with Gasteiger partial charge in [0.2, 0.25) is 0 Å². The molecule has 4 rings (SSSR count). The molecule has 0 saturated heterocycles. The third kappa shape index (κ3) is 4.11. The predicted octanol–water partition coefficient (Wildman–Crippen LogP) is 6.61. The molecule has 0 saturated carbocycles. The van der Waals surface area contributed by atoms with Gasteiger partial charge in [-0.2, -0.15) is 0 Å². The standard InChI is InChI=1S/C27H22O3/c1-19-15-16-24(27(28)29)25(17-19)22-12-6-5-11-21(22)23-13-7-8-14-26(23)30-18-20-9-3-2-4-10-20/h2-17H,18H2,1H3,(H,28,29). The minimum absolute atomic E-state index is 0.288. The molecule has 0 spiro atoms. The summed E-state index contributed by atoms with van der Waals surface area (Å²) in [6.07, 6.45) is 0. The van der Waals surface area contributed by atoms with Crippen molar-refractivity contribution < 1.29 is 14.6 Å². The van der Waals surface area contributed by atoms with Crippen molar-refractivity contribution in [2.45, 2.75) is 13.5 Å². The van der Waals surface area contributed by atoms with Crippen LogP contribution < -0.4 is 4.74 Å². The second-order valence-electron chi connectivity index (χ2n) is 7.17. The lowest BCUT2D eigenvalue weighted by Crippen LogP contribution is -2.01. The van der Waals surface area contributed by atoms with Crippen LogP contribution in [0.1, 0.15) is 21.5 Å². The molecule has 4 aromatic carbocycles. The second-order valence-corrected chi connectivity index (χ2v) is 7.17. The Bertz CT molecular complexity index is 1180. The average Bonchev–Trinajstić information content (AvgIpc) is 2.78. The van der Waals surface area contributed by atoms with E-state index in [0.29, 0.717) is 12.2 Å². The van der Waals surface area contributed by atoms with Gasteiger partial charge >= 0.3 is 5.97 Å². The molecule has 0 atom stereocenters. The van der Waals surface area contributed by atoms with Gasteiger partial charge in [0.25, 0.3) is 0 Å². The molecule has 0 aliphatic heterocycles. The monoisotopic (exact) mass is 394 g/mol. The Morgan fingerprint density at radius 2 is 1.33 bits per heavy atom. The molecule has 30 heavy (non-hydrogen) atoms. The van der Waals surface area contributed by atoms with Crippen molar-refractivity contribution in [3.8, 4) is 28.0 Å². The fourth-order valence-electron chi connectivity index (χ4n) is 3.57. The summed E-state index contributed by atoms with van der Waals surface area (Å²) in [6, 6.07) is 31.2. The van der Waals surface area contributed by atoms with Crippen molar-refractivity contribution in [1.82, 2.24) is 0 Å². The quantitative estimate of drug-likeness (QED) is 0.400. The Hall–Kier alpha value is -3.85. The van der Waals surface area contributed by atoms with Gasteiger partial charge < -0.3 is 9.84 Å². The van der Waals surface area contributed by atoms with Crippen LogP contribution in [0.15, 0.2) is 97.1 Å². The highest BCUT2D eigenvalue weighted by molar-refractivity contribution is 5.99. The highest BCUT2D eigenvalue weighted by Gasteiger charge is 2.17. The summed E-state index contributed by atoms with van der Waals surface area (Å²) in [5.74, 6) is -0.174. The van der Waals surface area contributed by atoms with Crippen LogP contribution in [0, 0.1) is 6.92 Å².